The Morgan fingerprint density at radius 3 is 2.35 bits per heavy atom. The highest BCUT2D eigenvalue weighted by atomic mass is 32.2. The van der Waals surface area contributed by atoms with Gasteiger partial charge in [0.25, 0.3) is 0 Å². The number of thioether (sulfide) groups is 1. The standard InChI is InChI=1S/C30H33FO2S/c1-19-17-24(32-15-4-16-34-3)18-20(2)29(19)25-11-13-27(31)30-26(25)12-14-28(30)33-23-9-7-22(8-10-23)21-5-6-21/h7-11,13,17-18,21,28H,4-6,12,14-16H2,1-3H3. The van der Waals surface area contributed by atoms with Crippen LogP contribution in [-0.2, 0) is 6.42 Å². The fourth-order valence-corrected chi connectivity index (χ4v) is 5.66. The van der Waals surface area contributed by atoms with Gasteiger partial charge in [-0.05, 0) is 128 Å². The van der Waals surface area contributed by atoms with E-state index in [2.05, 4.69) is 44.4 Å². The molecule has 3 aromatic carbocycles. The molecule has 0 heterocycles. The Balaban J connectivity index is 1.40. The van der Waals surface area contributed by atoms with Crippen molar-refractivity contribution in [2.75, 3.05) is 18.6 Å². The highest BCUT2D eigenvalue weighted by Crippen LogP contribution is 2.44. The molecular formula is C30H33FO2S. The Bertz CT molecular complexity index is 1140. The molecule has 1 unspecified atom stereocenters. The SMILES string of the molecule is CSCCCOc1cc(C)c(-c2ccc(F)c3c2CCC3Oc2ccc(C3CC3)cc2)c(C)c1. The number of ether oxygens (including phenoxy) is 2. The van der Waals surface area contributed by atoms with Gasteiger partial charge >= 0.3 is 0 Å². The first-order chi connectivity index (χ1) is 16.5. The molecule has 1 fully saturated rings. The second-order valence-corrected chi connectivity index (χ2v) is 10.6. The summed E-state index contributed by atoms with van der Waals surface area (Å²) < 4.78 is 27.4. The number of hydrogen-bond acceptors (Lipinski definition) is 3. The zero-order chi connectivity index (χ0) is 23.7. The molecule has 0 N–H and O–H groups in total. The van der Waals surface area contributed by atoms with Crippen LogP contribution in [-0.4, -0.2) is 18.6 Å². The van der Waals surface area contributed by atoms with Crippen molar-refractivity contribution in [2.45, 2.75) is 58.0 Å². The Hall–Kier alpha value is -2.46. The third kappa shape index (κ3) is 4.84. The molecule has 3 aromatic rings. The number of halogens is 1. The molecule has 4 heteroatoms. The number of fused-ring (bicyclic) bond motifs is 1. The van der Waals surface area contributed by atoms with Gasteiger partial charge in [-0.1, -0.05) is 18.2 Å². The van der Waals surface area contributed by atoms with Crippen LogP contribution in [0.1, 0.15) is 65.5 Å². The van der Waals surface area contributed by atoms with Crippen LogP contribution in [0.15, 0.2) is 48.5 Å². The third-order valence-electron chi connectivity index (χ3n) is 7.03. The van der Waals surface area contributed by atoms with Crippen LogP contribution >= 0.6 is 11.8 Å². The summed E-state index contributed by atoms with van der Waals surface area (Å²) in [6.07, 6.45) is 7.09. The van der Waals surface area contributed by atoms with E-state index in [-0.39, 0.29) is 11.9 Å². The molecule has 34 heavy (non-hydrogen) atoms. The molecule has 5 rings (SSSR count). The first-order valence-electron chi connectivity index (χ1n) is 12.4. The quantitative estimate of drug-likeness (QED) is 0.290. The van der Waals surface area contributed by atoms with Crippen LogP contribution in [0.25, 0.3) is 11.1 Å². The zero-order valence-electron chi connectivity index (χ0n) is 20.3. The monoisotopic (exact) mass is 476 g/mol. The number of rotatable bonds is 9. The lowest BCUT2D eigenvalue weighted by Crippen LogP contribution is -2.06. The van der Waals surface area contributed by atoms with Gasteiger partial charge in [-0.3, -0.25) is 0 Å². The summed E-state index contributed by atoms with van der Waals surface area (Å²) in [6, 6.07) is 16.2. The minimum absolute atomic E-state index is 0.167. The first-order valence-corrected chi connectivity index (χ1v) is 13.8. The minimum atomic E-state index is -0.249. The molecule has 0 aliphatic heterocycles. The van der Waals surface area contributed by atoms with Gasteiger partial charge < -0.3 is 9.47 Å². The van der Waals surface area contributed by atoms with E-state index in [1.165, 1.54) is 24.0 Å². The number of hydrogen-bond donors (Lipinski definition) is 0. The molecule has 0 amide bonds. The molecular weight excluding hydrogens is 443 g/mol. The fourth-order valence-electron chi connectivity index (χ4n) is 5.25. The van der Waals surface area contributed by atoms with E-state index in [0.29, 0.717) is 0 Å². The molecule has 0 saturated heterocycles. The predicted octanol–water partition coefficient (Wildman–Crippen LogP) is 8.19. The van der Waals surface area contributed by atoms with Crippen LogP contribution in [0, 0.1) is 19.7 Å². The van der Waals surface area contributed by atoms with E-state index in [1.54, 1.807) is 6.07 Å². The van der Waals surface area contributed by atoms with Crippen molar-refractivity contribution in [3.8, 4) is 22.6 Å². The predicted molar refractivity (Wildman–Crippen MR) is 140 cm³/mol. The summed E-state index contributed by atoms with van der Waals surface area (Å²) in [5.74, 6) is 3.39. The highest BCUT2D eigenvalue weighted by molar-refractivity contribution is 7.98. The van der Waals surface area contributed by atoms with E-state index >= 15 is 4.39 Å². The Morgan fingerprint density at radius 2 is 1.68 bits per heavy atom. The van der Waals surface area contributed by atoms with E-state index in [9.17, 15) is 0 Å². The lowest BCUT2D eigenvalue weighted by molar-refractivity contribution is 0.203. The summed E-state index contributed by atoms with van der Waals surface area (Å²) in [5.41, 5.74) is 7.81. The van der Waals surface area contributed by atoms with Crippen molar-refractivity contribution in [1.82, 2.24) is 0 Å². The van der Waals surface area contributed by atoms with Crippen molar-refractivity contribution in [2.24, 2.45) is 0 Å². The van der Waals surface area contributed by atoms with Crippen molar-refractivity contribution >= 4 is 11.8 Å². The van der Waals surface area contributed by atoms with E-state index in [1.807, 2.05) is 30.0 Å². The molecule has 2 nitrogen and oxygen atoms in total. The Morgan fingerprint density at radius 1 is 0.941 bits per heavy atom. The second kappa shape index (κ2) is 10.0. The van der Waals surface area contributed by atoms with Gasteiger partial charge in [0.15, 0.2) is 0 Å². The van der Waals surface area contributed by atoms with Crippen molar-refractivity contribution in [1.29, 1.82) is 0 Å². The van der Waals surface area contributed by atoms with Gasteiger partial charge in [0.1, 0.15) is 23.4 Å². The molecule has 2 aliphatic carbocycles. The summed E-state index contributed by atoms with van der Waals surface area (Å²) in [5, 5.41) is 0. The summed E-state index contributed by atoms with van der Waals surface area (Å²) in [4.78, 5) is 0. The normalized spacial score (nSPS) is 17.0. The Kier molecular flexibility index (Phi) is 6.87. The smallest absolute Gasteiger partial charge is 0.130 e. The topological polar surface area (TPSA) is 18.5 Å². The third-order valence-corrected chi connectivity index (χ3v) is 7.72. The van der Waals surface area contributed by atoms with Gasteiger partial charge in [-0.15, -0.1) is 0 Å². The van der Waals surface area contributed by atoms with Crippen LogP contribution in [0.2, 0.25) is 0 Å². The second-order valence-electron chi connectivity index (χ2n) is 9.60. The zero-order valence-corrected chi connectivity index (χ0v) is 21.1. The lowest BCUT2D eigenvalue weighted by Gasteiger charge is -2.19. The van der Waals surface area contributed by atoms with Crippen molar-refractivity contribution in [3.05, 3.63) is 82.2 Å². The average Bonchev–Trinajstić information content (AvgIpc) is 3.59. The molecule has 2 aliphatic rings. The van der Waals surface area contributed by atoms with Crippen molar-refractivity contribution in [3.63, 3.8) is 0 Å². The number of benzene rings is 3. The van der Waals surface area contributed by atoms with Gasteiger partial charge in [0.05, 0.1) is 6.61 Å². The maximum absolute atomic E-state index is 15.1. The summed E-state index contributed by atoms with van der Waals surface area (Å²) in [7, 11) is 0. The lowest BCUT2D eigenvalue weighted by atomic mass is 9.90. The van der Waals surface area contributed by atoms with Crippen LogP contribution in [0.3, 0.4) is 0 Å². The highest BCUT2D eigenvalue weighted by Gasteiger charge is 2.31. The molecule has 0 spiro atoms. The fraction of sp³-hybridized carbons (Fsp3) is 0.400. The molecule has 1 atom stereocenters. The molecule has 0 bridgehead atoms. The van der Waals surface area contributed by atoms with Crippen LogP contribution in [0.5, 0.6) is 11.5 Å². The maximum atomic E-state index is 15.1. The summed E-state index contributed by atoms with van der Waals surface area (Å²) in [6.45, 7) is 4.97. The van der Waals surface area contributed by atoms with Gasteiger partial charge in [-0.2, -0.15) is 11.8 Å². The average molecular weight is 477 g/mol. The van der Waals surface area contributed by atoms with Crippen LogP contribution < -0.4 is 9.47 Å². The van der Waals surface area contributed by atoms with E-state index in [4.69, 9.17) is 9.47 Å². The van der Waals surface area contributed by atoms with Crippen molar-refractivity contribution < 1.29 is 13.9 Å². The largest absolute Gasteiger partial charge is 0.494 e. The van der Waals surface area contributed by atoms with Gasteiger partial charge in [-0.25, -0.2) is 4.39 Å². The molecule has 1 saturated carbocycles. The maximum Gasteiger partial charge on any atom is 0.130 e. The van der Waals surface area contributed by atoms with Gasteiger partial charge in [0, 0.05) is 5.56 Å². The molecule has 0 radical (unpaired) electrons. The minimum Gasteiger partial charge on any atom is -0.494 e. The molecule has 0 aromatic heterocycles. The first kappa shape index (κ1) is 23.3. The van der Waals surface area contributed by atoms with E-state index < -0.39 is 0 Å². The van der Waals surface area contributed by atoms with E-state index in [0.717, 1.165) is 76.9 Å². The summed E-state index contributed by atoms with van der Waals surface area (Å²) >= 11 is 1.84. The van der Waals surface area contributed by atoms with Gasteiger partial charge in [0.2, 0.25) is 0 Å². The van der Waals surface area contributed by atoms with Crippen LogP contribution in [0.4, 0.5) is 4.39 Å². The Labute approximate surface area is 206 Å². The molecule has 178 valence electrons. The number of aryl methyl sites for hydroxylation is 2.